The van der Waals surface area contributed by atoms with E-state index in [0.29, 0.717) is 48.5 Å². The van der Waals surface area contributed by atoms with Gasteiger partial charge in [0.2, 0.25) is 0 Å². The van der Waals surface area contributed by atoms with Crippen molar-refractivity contribution in [2.24, 2.45) is 0 Å². The second-order valence-electron chi connectivity index (χ2n) is 19.6. The van der Waals surface area contributed by atoms with E-state index in [1.807, 2.05) is 10.6 Å². The zero-order chi connectivity index (χ0) is 71.4. The first-order valence-corrected chi connectivity index (χ1v) is 33.7. The molecule has 0 bridgehead atoms. The van der Waals surface area contributed by atoms with Crippen LogP contribution in [0.5, 0.6) is 0 Å². The van der Waals surface area contributed by atoms with Crippen LogP contribution in [0.3, 0.4) is 0 Å². The standard InChI is InChI=1S/C53H36N6O31S6/c60-45(54-31-5-25(3-27(9-31)49(64)65)47(62)58-39-17-35(91(73,74)75)13-21-15-37(93(79,80)81)19-41(43(21)39)95(85,86)87)23-1-29(51(68)69)11-33(7-23)56-53(72)57-34-8-24(2-30(12-34)52(70)71)46(61)55-32-6-26(4-28(10-32)50(66)67)48(63)59-40-18-36(92(76,77)78)14-22-16-38(94(82,83)84)20-42(44(22)40)96(88,89)90/h1-20H,(H,54,60)(H,55,61)(H,58,62)(H,59,63)(H,64,65)(H,66,67)(H,68,69)(H,70,71)(H2,56,57,72)(H,73,74,75)(H,76,77,78)(H,79,80,81)(H,82,83,84)(H,85,86,87)(H,88,89,90). The summed E-state index contributed by atoms with van der Waals surface area (Å²) in [6.45, 7) is 0. The number of benzene rings is 8. The van der Waals surface area contributed by atoms with Crippen LogP contribution < -0.4 is 31.9 Å². The number of nitrogens with one attached hydrogen (secondary N) is 6. The van der Waals surface area contributed by atoms with Gasteiger partial charge in [0.1, 0.15) is 9.79 Å². The van der Waals surface area contributed by atoms with Crippen molar-refractivity contribution in [3.05, 3.63) is 166 Å². The lowest BCUT2D eigenvalue weighted by Gasteiger charge is -2.15. The van der Waals surface area contributed by atoms with Gasteiger partial charge in [-0.25, -0.2) is 24.0 Å². The van der Waals surface area contributed by atoms with Crippen LogP contribution in [0.1, 0.15) is 82.9 Å². The third kappa shape index (κ3) is 16.2. The minimum atomic E-state index is -5.54. The molecule has 0 saturated carbocycles. The van der Waals surface area contributed by atoms with E-state index >= 15 is 0 Å². The molecule has 0 unspecified atom stereocenters. The third-order valence-electron chi connectivity index (χ3n) is 13.0. The highest BCUT2D eigenvalue weighted by Crippen LogP contribution is 2.38. The number of rotatable bonds is 20. The van der Waals surface area contributed by atoms with E-state index in [-0.39, 0.29) is 12.1 Å². The summed E-state index contributed by atoms with van der Waals surface area (Å²) in [6.07, 6.45) is 0. The summed E-state index contributed by atoms with van der Waals surface area (Å²) in [5.41, 5.74) is -9.85. The van der Waals surface area contributed by atoms with Crippen LogP contribution in [-0.4, -0.2) is 152 Å². The van der Waals surface area contributed by atoms with Gasteiger partial charge >= 0.3 is 29.9 Å². The van der Waals surface area contributed by atoms with Crippen LogP contribution >= 0.6 is 0 Å². The molecule has 16 N–H and O–H groups in total. The van der Waals surface area contributed by atoms with Crippen LogP contribution in [0.2, 0.25) is 0 Å². The van der Waals surface area contributed by atoms with Gasteiger partial charge in [0, 0.05) is 55.8 Å². The van der Waals surface area contributed by atoms with E-state index in [2.05, 4.69) is 21.3 Å². The molecule has 0 aliphatic heterocycles. The lowest BCUT2D eigenvalue weighted by Crippen LogP contribution is -2.22. The van der Waals surface area contributed by atoms with Gasteiger partial charge in [-0.3, -0.25) is 46.5 Å². The highest BCUT2D eigenvalue weighted by molar-refractivity contribution is 7.87. The first kappa shape index (κ1) is 70.6. The summed E-state index contributed by atoms with van der Waals surface area (Å²) in [4.78, 5) is 111. The Hall–Kier alpha value is -11.2. The SMILES string of the molecule is O=C(Nc1cc(C(=O)O)cc(C(=O)Nc2cc(C(=O)O)cc(C(=O)Nc3cc(S(=O)(=O)O)cc4cc(S(=O)(=O)O)cc(S(=O)(=O)O)c34)c2)c1)Nc1cc(C(=O)O)cc(C(=O)Nc2cc(C(=O)O)cc(C(=O)Nc3cc(S(=O)(=O)O)cc4cc(S(=O)(=O)O)cc(S(=O)(=O)O)c34)c2)c1. The van der Waals surface area contributed by atoms with Crippen molar-refractivity contribution in [2.45, 2.75) is 29.4 Å². The largest absolute Gasteiger partial charge is 0.478 e. The number of hydrogen-bond donors (Lipinski definition) is 16. The molecule has 8 aromatic rings. The molecule has 0 saturated heterocycles. The Bertz CT molecular complexity index is 5250. The van der Waals surface area contributed by atoms with E-state index in [1.54, 1.807) is 0 Å². The second kappa shape index (κ2) is 25.6. The summed E-state index contributed by atoms with van der Waals surface area (Å²) >= 11 is 0. The molecule has 0 heterocycles. The summed E-state index contributed by atoms with van der Waals surface area (Å²) in [7, 11) is -32.3. The Kier molecular flexibility index (Phi) is 18.8. The van der Waals surface area contributed by atoms with Crippen molar-refractivity contribution in [1.82, 2.24) is 0 Å². The lowest BCUT2D eigenvalue weighted by molar-refractivity contribution is 0.0686. The molecule has 0 spiro atoms. The minimum Gasteiger partial charge on any atom is -0.478 e. The fraction of sp³-hybridized carbons (Fsp3) is 0. The van der Waals surface area contributed by atoms with Gasteiger partial charge in [0.15, 0.2) is 0 Å². The summed E-state index contributed by atoms with van der Waals surface area (Å²) in [5.74, 6) is -12.6. The first-order valence-electron chi connectivity index (χ1n) is 25.1. The number of carboxylic acids is 4. The van der Waals surface area contributed by atoms with Crippen molar-refractivity contribution >= 4 is 170 Å². The van der Waals surface area contributed by atoms with Crippen molar-refractivity contribution in [3.63, 3.8) is 0 Å². The number of amides is 6. The Balaban J connectivity index is 1.05. The molecule has 8 rings (SSSR count). The summed E-state index contributed by atoms with van der Waals surface area (Å²) in [6, 6.07) is 10.9. The molecular formula is C53H36N6O31S6. The van der Waals surface area contributed by atoms with Gasteiger partial charge in [0.05, 0.1) is 53.2 Å². The fourth-order valence-corrected chi connectivity index (χ4v) is 12.8. The van der Waals surface area contributed by atoms with Crippen molar-refractivity contribution in [2.75, 3.05) is 31.9 Å². The number of urea groups is 1. The van der Waals surface area contributed by atoms with Crippen LogP contribution in [-0.2, 0) is 60.7 Å². The van der Waals surface area contributed by atoms with E-state index in [0.717, 1.165) is 60.7 Å². The average molecular weight is 1450 g/mol. The summed E-state index contributed by atoms with van der Waals surface area (Å²) < 4.78 is 206. The van der Waals surface area contributed by atoms with Gasteiger partial charge in [0.25, 0.3) is 84.3 Å². The number of hydrogen-bond acceptors (Lipinski definition) is 21. The Morgan fingerprint density at radius 1 is 0.250 bits per heavy atom. The highest BCUT2D eigenvalue weighted by atomic mass is 32.2. The number of carboxylic acid groups (broad SMARTS) is 4. The minimum absolute atomic E-state index is 0.218. The molecule has 0 fully saturated rings. The van der Waals surface area contributed by atoms with Gasteiger partial charge in [-0.05, 0) is 132 Å². The van der Waals surface area contributed by atoms with Crippen molar-refractivity contribution in [3.8, 4) is 0 Å². The number of aromatic carboxylic acids is 4. The molecule has 0 atom stereocenters. The maximum Gasteiger partial charge on any atom is 0.335 e. The number of fused-ring (bicyclic) bond motifs is 2. The van der Waals surface area contributed by atoms with Crippen LogP contribution in [0.4, 0.5) is 38.9 Å². The normalized spacial score (nSPS) is 12.1. The summed E-state index contributed by atoms with van der Waals surface area (Å²) in [5, 5.41) is 49.4. The van der Waals surface area contributed by atoms with Crippen molar-refractivity contribution < 1.29 is 141 Å². The predicted molar refractivity (Wildman–Crippen MR) is 325 cm³/mol. The van der Waals surface area contributed by atoms with Crippen LogP contribution in [0, 0.1) is 0 Å². The average Bonchev–Trinajstić information content (AvgIpc) is 0.753. The molecule has 0 aliphatic rings. The quantitative estimate of drug-likeness (QED) is 0.0450. The Labute approximate surface area is 535 Å². The number of carbonyl (C=O) groups is 9. The lowest BCUT2D eigenvalue weighted by atomic mass is 10.1. The van der Waals surface area contributed by atoms with Crippen molar-refractivity contribution in [1.29, 1.82) is 0 Å². The van der Waals surface area contributed by atoms with E-state index in [1.165, 1.54) is 0 Å². The maximum atomic E-state index is 13.9. The molecule has 0 aliphatic carbocycles. The monoisotopic (exact) mass is 1440 g/mol. The van der Waals surface area contributed by atoms with Gasteiger partial charge < -0.3 is 52.3 Å². The maximum absolute atomic E-state index is 13.9. The Morgan fingerprint density at radius 3 is 0.698 bits per heavy atom. The molecule has 0 aromatic heterocycles. The molecular weight excluding hydrogens is 1410 g/mol. The third-order valence-corrected chi connectivity index (χ3v) is 18.0. The molecule has 6 amide bonds. The predicted octanol–water partition coefficient (Wildman–Crippen LogP) is 4.92. The first-order chi connectivity index (χ1) is 44.1. The van der Waals surface area contributed by atoms with E-state index < -0.39 is 244 Å². The number of carbonyl (C=O) groups excluding carboxylic acids is 5. The molecule has 96 heavy (non-hydrogen) atoms. The van der Waals surface area contributed by atoms with E-state index in [4.69, 9.17) is 0 Å². The number of anilines is 6. The second-order valence-corrected chi connectivity index (χ2v) is 28.1. The smallest absolute Gasteiger partial charge is 0.335 e. The zero-order valence-corrected chi connectivity index (χ0v) is 51.4. The van der Waals surface area contributed by atoms with Gasteiger partial charge in [-0.2, -0.15) is 50.5 Å². The topological polar surface area (TPSA) is 633 Å². The molecule has 37 nitrogen and oxygen atoms in total. The van der Waals surface area contributed by atoms with E-state index in [9.17, 15) is 141 Å². The van der Waals surface area contributed by atoms with Crippen LogP contribution in [0.25, 0.3) is 21.5 Å². The molecule has 500 valence electrons. The highest BCUT2D eigenvalue weighted by Gasteiger charge is 2.30. The zero-order valence-electron chi connectivity index (χ0n) is 46.5. The molecule has 43 heteroatoms. The molecule has 8 aromatic carbocycles. The van der Waals surface area contributed by atoms with Gasteiger partial charge in [-0.15, -0.1) is 0 Å². The Morgan fingerprint density at radius 2 is 0.469 bits per heavy atom. The van der Waals surface area contributed by atoms with Gasteiger partial charge in [-0.1, -0.05) is 0 Å². The van der Waals surface area contributed by atoms with Crippen LogP contribution in [0.15, 0.2) is 151 Å². The molecule has 0 radical (unpaired) electrons. The fourth-order valence-electron chi connectivity index (χ4n) is 8.95.